The fourth-order valence-corrected chi connectivity index (χ4v) is 2.25. The zero-order valence-electron chi connectivity index (χ0n) is 9.03. The molecule has 16 heavy (non-hydrogen) atoms. The fraction of sp³-hybridized carbons (Fsp3) is 0.455. The molecule has 5 heteroatoms. The van der Waals surface area contributed by atoms with Crippen LogP contribution in [0.5, 0.6) is 0 Å². The molecule has 0 unspecified atom stereocenters. The lowest BCUT2D eigenvalue weighted by molar-refractivity contribution is 0.0896. The van der Waals surface area contributed by atoms with Gasteiger partial charge in [-0.15, -0.1) is 0 Å². The second kappa shape index (κ2) is 4.41. The second-order valence-corrected chi connectivity index (χ2v) is 5.25. The molecule has 2 rings (SSSR count). The zero-order chi connectivity index (χ0) is 11.7. The molecule has 0 aliphatic heterocycles. The highest BCUT2D eigenvalue weighted by molar-refractivity contribution is 9.10. The van der Waals surface area contributed by atoms with Crippen molar-refractivity contribution in [2.45, 2.75) is 25.8 Å². The average molecular weight is 284 g/mol. The average Bonchev–Trinajstić information content (AvgIpc) is 2.19. The molecular weight excluding hydrogens is 270 g/mol. The number of amides is 1. The van der Waals surface area contributed by atoms with Gasteiger partial charge in [0, 0.05) is 16.7 Å². The smallest absolute Gasteiger partial charge is 0.255 e. The van der Waals surface area contributed by atoms with Crippen molar-refractivity contribution < 1.29 is 4.79 Å². The Hall–Kier alpha value is -1.10. The molecule has 1 saturated carbocycles. The van der Waals surface area contributed by atoms with Crippen molar-refractivity contribution in [1.82, 2.24) is 10.3 Å². The number of nitrogen functional groups attached to an aromatic ring is 1. The van der Waals surface area contributed by atoms with Crippen LogP contribution in [0.25, 0.3) is 0 Å². The summed E-state index contributed by atoms with van der Waals surface area (Å²) in [5.41, 5.74) is 6.10. The van der Waals surface area contributed by atoms with Crippen molar-refractivity contribution in [1.29, 1.82) is 0 Å². The number of pyridine rings is 1. The summed E-state index contributed by atoms with van der Waals surface area (Å²) in [5.74, 6) is 0.847. The largest absolute Gasteiger partial charge is 0.383 e. The predicted molar refractivity (Wildman–Crippen MR) is 66.0 cm³/mol. The number of halogens is 1. The van der Waals surface area contributed by atoms with Gasteiger partial charge in [0.2, 0.25) is 0 Å². The Morgan fingerprint density at radius 2 is 2.31 bits per heavy atom. The summed E-state index contributed by atoms with van der Waals surface area (Å²) >= 11 is 3.27. The maximum absolute atomic E-state index is 11.9. The molecule has 86 valence electrons. The maximum atomic E-state index is 11.9. The molecule has 1 aliphatic carbocycles. The number of carbonyl (C=O) groups is 1. The van der Waals surface area contributed by atoms with E-state index >= 15 is 0 Å². The topological polar surface area (TPSA) is 68.0 Å². The Balaban J connectivity index is 2.05. The predicted octanol–water partition coefficient (Wildman–Crippen LogP) is 1.95. The highest BCUT2D eigenvalue weighted by Crippen LogP contribution is 2.27. The van der Waals surface area contributed by atoms with E-state index in [-0.39, 0.29) is 11.7 Å². The van der Waals surface area contributed by atoms with E-state index in [1.165, 1.54) is 0 Å². The van der Waals surface area contributed by atoms with Gasteiger partial charge in [0.05, 0.1) is 5.56 Å². The molecule has 1 amide bonds. The Bertz CT molecular complexity index is 416. The van der Waals surface area contributed by atoms with Crippen LogP contribution in [0.2, 0.25) is 0 Å². The summed E-state index contributed by atoms with van der Waals surface area (Å²) in [4.78, 5) is 15.8. The van der Waals surface area contributed by atoms with E-state index < -0.39 is 0 Å². The van der Waals surface area contributed by atoms with Gasteiger partial charge in [0.15, 0.2) is 0 Å². The molecule has 1 aromatic rings. The van der Waals surface area contributed by atoms with Gasteiger partial charge in [0.25, 0.3) is 5.91 Å². The monoisotopic (exact) mass is 283 g/mol. The lowest BCUT2D eigenvalue weighted by Gasteiger charge is -2.33. The van der Waals surface area contributed by atoms with E-state index in [2.05, 4.69) is 33.2 Å². The Kier molecular flexibility index (Phi) is 3.14. The van der Waals surface area contributed by atoms with Crippen molar-refractivity contribution in [2.75, 3.05) is 5.73 Å². The SMILES string of the molecule is CC1CC(NC(=O)c2cc(Br)cnc2N)C1. The van der Waals surface area contributed by atoms with E-state index in [9.17, 15) is 4.79 Å². The van der Waals surface area contributed by atoms with Crippen LogP contribution in [-0.2, 0) is 0 Å². The Labute approximate surface area is 103 Å². The van der Waals surface area contributed by atoms with Crippen LogP contribution in [0.1, 0.15) is 30.1 Å². The number of nitrogens with zero attached hydrogens (tertiary/aromatic N) is 1. The summed E-state index contributed by atoms with van der Waals surface area (Å²) in [7, 11) is 0. The first-order valence-corrected chi connectivity index (χ1v) is 6.07. The minimum Gasteiger partial charge on any atom is -0.383 e. The molecule has 1 fully saturated rings. The summed E-state index contributed by atoms with van der Waals surface area (Å²) in [6.07, 6.45) is 3.68. The Morgan fingerprint density at radius 1 is 1.62 bits per heavy atom. The van der Waals surface area contributed by atoms with Gasteiger partial charge in [-0.05, 0) is 40.8 Å². The van der Waals surface area contributed by atoms with Crippen molar-refractivity contribution in [3.63, 3.8) is 0 Å². The number of carbonyl (C=O) groups excluding carboxylic acids is 1. The fourth-order valence-electron chi connectivity index (χ4n) is 1.92. The van der Waals surface area contributed by atoms with Crippen LogP contribution in [0, 0.1) is 5.92 Å². The molecule has 3 N–H and O–H groups in total. The number of hydrogen-bond acceptors (Lipinski definition) is 3. The van der Waals surface area contributed by atoms with Crippen LogP contribution in [-0.4, -0.2) is 16.9 Å². The van der Waals surface area contributed by atoms with Crippen LogP contribution in [0.3, 0.4) is 0 Å². The summed E-state index contributed by atoms with van der Waals surface area (Å²) in [6, 6.07) is 1.99. The van der Waals surface area contributed by atoms with Gasteiger partial charge in [-0.3, -0.25) is 4.79 Å². The van der Waals surface area contributed by atoms with Crippen molar-refractivity contribution >= 4 is 27.7 Å². The molecule has 0 radical (unpaired) electrons. The van der Waals surface area contributed by atoms with Gasteiger partial charge in [0.1, 0.15) is 5.82 Å². The molecule has 1 heterocycles. The van der Waals surface area contributed by atoms with E-state index in [1.54, 1.807) is 12.3 Å². The molecule has 4 nitrogen and oxygen atoms in total. The minimum absolute atomic E-state index is 0.136. The summed E-state index contributed by atoms with van der Waals surface area (Å²) in [6.45, 7) is 2.18. The number of rotatable bonds is 2. The maximum Gasteiger partial charge on any atom is 0.255 e. The molecule has 0 atom stereocenters. The van der Waals surface area contributed by atoms with E-state index in [4.69, 9.17) is 5.73 Å². The first-order chi connectivity index (χ1) is 7.56. The van der Waals surface area contributed by atoms with Crippen molar-refractivity contribution in [3.05, 3.63) is 22.3 Å². The van der Waals surface area contributed by atoms with Crippen LogP contribution in [0.4, 0.5) is 5.82 Å². The van der Waals surface area contributed by atoms with Crippen LogP contribution < -0.4 is 11.1 Å². The molecule has 0 aromatic carbocycles. The van der Waals surface area contributed by atoms with Gasteiger partial charge in [-0.1, -0.05) is 6.92 Å². The number of hydrogen-bond donors (Lipinski definition) is 2. The molecule has 0 saturated heterocycles. The van der Waals surface area contributed by atoms with Crippen molar-refractivity contribution in [2.24, 2.45) is 5.92 Å². The Morgan fingerprint density at radius 3 is 2.94 bits per heavy atom. The second-order valence-electron chi connectivity index (χ2n) is 4.33. The molecule has 1 aromatic heterocycles. The third kappa shape index (κ3) is 2.35. The molecule has 0 bridgehead atoms. The molecule has 0 spiro atoms. The minimum atomic E-state index is -0.136. The van der Waals surface area contributed by atoms with Crippen LogP contribution >= 0.6 is 15.9 Å². The third-order valence-electron chi connectivity index (χ3n) is 2.84. The van der Waals surface area contributed by atoms with Crippen LogP contribution in [0.15, 0.2) is 16.7 Å². The first kappa shape index (κ1) is 11.4. The summed E-state index contributed by atoms with van der Waals surface area (Å²) in [5, 5.41) is 2.95. The standard InChI is InChI=1S/C11H14BrN3O/c1-6-2-8(3-6)15-11(16)9-4-7(12)5-14-10(9)13/h4-6,8H,2-3H2,1H3,(H2,13,14)(H,15,16). The lowest BCUT2D eigenvalue weighted by Crippen LogP contribution is -2.43. The quantitative estimate of drug-likeness (QED) is 0.872. The van der Waals surface area contributed by atoms with Gasteiger partial charge < -0.3 is 11.1 Å². The number of nitrogens with one attached hydrogen (secondary N) is 1. The molecular formula is C11H14BrN3O. The number of aromatic nitrogens is 1. The van der Waals surface area contributed by atoms with Gasteiger partial charge in [-0.2, -0.15) is 0 Å². The number of nitrogens with two attached hydrogens (primary N) is 1. The van der Waals surface area contributed by atoms with E-state index in [0.717, 1.165) is 17.3 Å². The zero-order valence-corrected chi connectivity index (χ0v) is 10.6. The van der Waals surface area contributed by atoms with E-state index in [1.807, 2.05) is 0 Å². The summed E-state index contributed by atoms with van der Waals surface area (Å²) < 4.78 is 0.758. The first-order valence-electron chi connectivity index (χ1n) is 5.28. The normalized spacial score (nSPS) is 23.6. The highest BCUT2D eigenvalue weighted by Gasteiger charge is 2.27. The third-order valence-corrected chi connectivity index (χ3v) is 3.27. The van der Waals surface area contributed by atoms with Gasteiger partial charge in [-0.25, -0.2) is 4.98 Å². The molecule has 1 aliphatic rings. The van der Waals surface area contributed by atoms with E-state index in [0.29, 0.717) is 17.5 Å². The highest BCUT2D eigenvalue weighted by atomic mass is 79.9. The van der Waals surface area contributed by atoms with Crippen molar-refractivity contribution in [3.8, 4) is 0 Å². The number of anilines is 1. The lowest BCUT2D eigenvalue weighted by atomic mass is 9.82. The van der Waals surface area contributed by atoms with Gasteiger partial charge >= 0.3 is 0 Å².